The summed E-state index contributed by atoms with van der Waals surface area (Å²) in [6, 6.07) is 4.53. The van der Waals surface area contributed by atoms with Gasteiger partial charge in [-0.1, -0.05) is 11.8 Å². The van der Waals surface area contributed by atoms with Crippen LogP contribution in [0.4, 0.5) is 15.3 Å². The van der Waals surface area contributed by atoms with Gasteiger partial charge in [-0.05, 0) is 12.1 Å². The zero-order chi connectivity index (χ0) is 16.8. The van der Waals surface area contributed by atoms with Crippen LogP contribution in [0, 0.1) is 0 Å². The van der Waals surface area contributed by atoms with Crippen molar-refractivity contribution in [3.05, 3.63) is 18.2 Å². The Morgan fingerprint density at radius 3 is 2.61 bits per heavy atom. The molecule has 1 aromatic carbocycles. The normalized spacial score (nSPS) is 13.9. The lowest BCUT2D eigenvalue weighted by molar-refractivity contribution is -0.124. The highest BCUT2D eigenvalue weighted by Gasteiger charge is 2.29. The number of ether oxygens (including phenoxy) is 2. The number of hydrogen-bond donors (Lipinski definition) is 2. The van der Waals surface area contributed by atoms with E-state index in [1.165, 1.54) is 14.2 Å². The molecule has 1 saturated heterocycles. The van der Waals surface area contributed by atoms with Crippen molar-refractivity contribution < 1.29 is 23.9 Å². The Kier molecular flexibility index (Phi) is 5.69. The molecule has 2 rings (SSSR count). The number of carbonyl (C=O) groups excluding carboxylic acids is 3. The van der Waals surface area contributed by atoms with Gasteiger partial charge in [-0.2, -0.15) is 0 Å². The van der Waals surface area contributed by atoms with Crippen molar-refractivity contribution in [3.63, 3.8) is 0 Å². The molecule has 1 aliphatic heterocycles. The number of amides is 4. The van der Waals surface area contributed by atoms with E-state index >= 15 is 0 Å². The van der Waals surface area contributed by atoms with Crippen LogP contribution in [0.3, 0.4) is 0 Å². The number of hydrogen-bond acceptors (Lipinski definition) is 6. The van der Waals surface area contributed by atoms with Crippen LogP contribution >= 0.6 is 11.8 Å². The fourth-order valence-corrected chi connectivity index (χ4v) is 2.72. The minimum Gasteiger partial charge on any atom is -0.493 e. The van der Waals surface area contributed by atoms with E-state index in [0.717, 1.165) is 16.7 Å². The molecule has 23 heavy (non-hydrogen) atoms. The Labute approximate surface area is 137 Å². The molecular formula is C14H17N3O5S. The molecule has 0 aromatic heterocycles. The Morgan fingerprint density at radius 1 is 1.26 bits per heavy atom. The van der Waals surface area contributed by atoms with Crippen LogP contribution in [0.1, 0.15) is 0 Å². The van der Waals surface area contributed by atoms with Crippen molar-refractivity contribution in [3.8, 4) is 11.5 Å². The van der Waals surface area contributed by atoms with Crippen molar-refractivity contribution in [1.82, 2.24) is 10.2 Å². The first-order valence-corrected chi connectivity index (χ1v) is 7.77. The average molecular weight is 339 g/mol. The Balaban J connectivity index is 1.83. The van der Waals surface area contributed by atoms with Crippen LogP contribution in [-0.4, -0.2) is 55.1 Å². The first kappa shape index (κ1) is 16.9. The topological polar surface area (TPSA) is 97.0 Å². The van der Waals surface area contributed by atoms with E-state index in [1.807, 2.05) is 0 Å². The number of nitrogens with one attached hydrogen (secondary N) is 2. The largest absolute Gasteiger partial charge is 0.493 e. The van der Waals surface area contributed by atoms with E-state index < -0.39 is 6.03 Å². The second-order valence-electron chi connectivity index (χ2n) is 4.55. The Hall–Kier alpha value is -2.42. The zero-order valence-electron chi connectivity index (χ0n) is 12.8. The smallest absolute Gasteiger partial charge is 0.319 e. The molecule has 0 spiro atoms. The molecule has 0 bridgehead atoms. The fourth-order valence-electron chi connectivity index (χ4n) is 1.97. The summed E-state index contributed by atoms with van der Waals surface area (Å²) >= 11 is 0.966. The lowest BCUT2D eigenvalue weighted by Gasteiger charge is -2.14. The van der Waals surface area contributed by atoms with Gasteiger partial charge in [-0.3, -0.25) is 14.5 Å². The van der Waals surface area contributed by atoms with E-state index in [-0.39, 0.29) is 30.0 Å². The molecule has 0 unspecified atom stereocenters. The highest BCUT2D eigenvalue weighted by atomic mass is 32.2. The molecule has 2 N–H and O–H groups in total. The third-order valence-corrected chi connectivity index (χ3v) is 3.96. The molecule has 124 valence electrons. The van der Waals surface area contributed by atoms with Crippen molar-refractivity contribution in [2.24, 2.45) is 0 Å². The summed E-state index contributed by atoms with van der Waals surface area (Å²) in [4.78, 5) is 35.8. The van der Waals surface area contributed by atoms with Gasteiger partial charge in [-0.15, -0.1) is 0 Å². The number of imide groups is 1. The molecule has 0 atom stereocenters. The maximum Gasteiger partial charge on any atom is 0.319 e. The van der Waals surface area contributed by atoms with Gasteiger partial charge in [0.1, 0.15) is 0 Å². The SMILES string of the molecule is COc1ccc(NC(=O)NCCN2C(=O)CSC2=O)cc1OC. The summed E-state index contributed by atoms with van der Waals surface area (Å²) in [7, 11) is 3.03. The van der Waals surface area contributed by atoms with Crippen LogP contribution in [0.5, 0.6) is 11.5 Å². The number of thioether (sulfide) groups is 1. The summed E-state index contributed by atoms with van der Waals surface area (Å²) < 4.78 is 10.3. The van der Waals surface area contributed by atoms with Gasteiger partial charge in [0.2, 0.25) is 5.91 Å². The van der Waals surface area contributed by atoms with Gasteiger partial charge < -0.3 is 20.1 Å². The molecule has 0 aliphatic carbocycles. The van der Waals surface area contributed by atoms with Gasteiger partial charge in [0.15, 0.2) is 11.5 Å². The van der Waals surface area contributed by atoms with Gasteiger partial charge in [0, 0.05) is 24.8 Å². The standard InChI is InChI=1S/C14H17N3O5S/c1-21-10-4-3-9(7-11(10)22-2)16-13(19)15-5-6-17-12(18)8-23-14(17)20/h3-4,7H,5-6,8H2,1-2H3,(H2,15,16,19). The lowest BCUT2D eigenvalue weighted by Crippen LogP contribution is -2.39. The lowest BCUT2D eigenvalue weighted by atomic mass is 10.3. The van der Waals surface area contributed by atoms with Gasteiger partial charge in [0.05, 0.1) is 20.0 Å². The van der Waals surface area contributed by atoms with Crippen LogP contribution in [-0.2, 0) is 4.79 Å². The Morgan fingerprint density at radius 2 is 2.00 bits per heavy atom. The summed E-state index contributed by atoms with van der Waals surface area (Å²) in [6.07, 6.45) is 0. The summed E-state index contributed by atoms with van der Waals surface area (Å²) in [6.45, 7) is 0.335. The molecule has 1 heterocycles. The molecule has 1 aliphatic rings. The van der Waals surface area contributed by atoms with E-state index in [0.29, 0.717) is 17.2 Å². The van der Waals surface area contributed by atoms with Gasteiger partial charge >= 0.3 is 6.03 Å². The number of anilines is 1. The monoisotopic (exact) mass is 339 g/mol. The van der Waals surface area contributed by atoms with E-state index in [2.05, 4.69) is 10.6 Å². The van der Waals surface area contributed by atoms with Crippen molar-refractivity contribution in [2.75, 3.05) is 38.4 Å². The van der Waals surface area contributed by atoms with Crippen molar-refractivity contribution in [1.29, 1.82) is 0 Å². The molecule has 1 fully saturated rings. The molecule has 0 saturated carbocycles. The predicted molar refractivity (Wildman–Crippen MR) is 86.1 cm³/mol. The number of urea groups is 1. The number of carbonyl (C=O) groups is 3. The summed E-state index contributed by atoms with van der Waals surface area (Å²) in [5, 5.41) is 4.94. The molecule has 0 radical (unpaired) electrons. The molecule has 1 aromatic rings. The first-order valence-electron chi connectivity index (χ1n) is 6.79. The Bertz CT molecular complexity index is 606. The first-order chi connectivity index (χ1) is 11.0. The number of rotatable bonds is 6. The maximum atomic E-state index is 11.8. The average Bonchev–Trinajstić information content (AvgIpc) is 2.86. The van der Waals surface area contributed by atoms with Crippen molar-refractivity contribution >= 4 is 34.6 Å². The van der Waals surface area contributed by atoms with Crippen LogP contribution < -0.4 is 20.1 Å². The van der Waals surface area contributed by atoms with E-state index in [1.54, 1.807) is 18.2 Å². The minimum absolute atomic E-state index is 0.157. The van der Waals surface area contributed by atoms with E-state index in [9.17, 15) is 14.4 Å². The second kappa shape index (κ2) is 7.73. The number of methoxy groups -OCH3 is 2. The maximum absolute atomic E-state index is 11.8. The number of nitrogens with zero attached hydrogens (tertiary/aromatic N) is 1. The molecule has 8 nitrogen and oxygen atoms in total. The van der Waals surface area contributed by atoms with Gasteiger partial charge in [-0.25, -0.2) is 4.79 Å². The van der Waals surface area contributed by atoms with Gasteiger partial charge in [0.25, 0.3) is 5.24 Å². The van der Waals surface area contributed by atoms with Crippen LogP contribution in [0.15, 0.2) is 18.2 Å². The third kappa shape index (κ3) is 4.28. The molecular weight excluding hydrogens is 322 g/mol. The zero-order valence-corrected chi connectivity index (χ0v) is 13.6. The summed E-state index contributed by atoms with van der Waals surface area (Å²) in [5.74, 6) is 0.983. The van der Waals surface area contributed by atoms with Crippen LogP contribution in [0.25, 0.3) is 0 Å². The van der Waals surface area contributed by atoms with Crippen LogP contribution in [0.2, 0.25) is 0 Å². The predicted octanol–water partition coefficient (Wildman–Crippen LogP) is 1.52. The number of benzene rings is 1. The highest BCUT2D eigenvalue weighted by Crippen LogP contribution is 2.29. The quantitative estimate of drug-likeness (QED) is 0.816. The highest BCUT2D eigenvalue weighted by molar-refractivity contribution is 8.14. The molecule has 4 amide bonds. The summed E-state index contributed by atoms with van der Waals surface area (Å²) in [5.41, 5.74) is 0.532. The van der Waals surface area contributed by atoms with Crippen molar-refractivity contribution in [2.45, 2.75) is 0 Å². The molecule has 9 heteroatoms. The van der Waals surface area contributed by atoms with E-state index in [4.69, 9.17) is 9.47 Å². The second-order valence-corrected chi connectivity index (χ2v) is 5.48. The fraction of sp³-hybridized carbons (Fsp3) is 0.357. The minimum atomic E-state index is -0.441. The third-order valence-electron chi connectivity index (χ3n) is 3.10.